The van der Waals surface area contributed by atoms with Gasteiger partial charge in [0, 0.05) is 11.8 Å². The zero-order valence-electron chi connectivity index (χ0n) is 13.5. The number of esters is 1. The van der Waals surface area contributed by atoms with Crippen molar-refractivity contribution in [2.24, 2.45) is 0 Å². The van der Waals surface area contributed by atoms with Crippen LogP contribution in [0.2, 0.25) is 0 Å². The number of amides is 1. The quantitative estimate of drug-likeness (QED) is 0.862. The van der Waals surface area contributed by atoms with E-state index in [1.54, 1.807) is 18.3 Å². The number of carbonyl (C=O) groups excluding carboxylic acids is 2. The van der Waals surface area contributed by atoms with Crippen LogP contribution in [-0.2, 0) is 9.53 Å². The SMILES string of the molecule is COC(=O)CC(NC(=O)c1cc(C)ccc1C)c1ccccn1. The number of pyridine rings is 1. The topological polar surface area (TPSA) is 68.3 Å². The minimum Gasteiger partial charge on any atom is -0.469 e. The highest BCUT2D eigenvalue weighted by Gasteiger charge is 2.21. The standard InChI is InChI=1S/C18H20N2O3/c1-12-7-8-13(2)14(10-12)18(22)20-16(11-17(21)23-3)15-6-4-5-9-19-15/h4-10,16H,11H2,1-3H3,(H,20,22). The van der Waals surface area contributed by atoms with Gasteiger partial charge in [-0.2, -0.15) is 0 Å². The molecule has 120 valence electrons. The van der Waals surface area contributed by atoms with Crippen molar-refractivity contribution in [3.05, 3.63) is 65.0 Å². The van der Waals surface area contributed by atoms with Crippen molar-refractivity contribution in [1.82, 2.24) is 10.3 Å². The lowest BCUT2D eigenvalue weighted by Crippen LogP contribution is -2.31. The maximum atomic E-state index is 12.6. The van der Waals surface area contributed by atoms with Crippen molar-refractivity contribution in [3.63, 3.8) is 0 Å². The summed E-state index contributed by atoms with van der Waals surface area (Å²) in [7, 11) is 1.32. The van der Waals surface area contributed by atoms with Crippen LogP contribution >= 0.6 is 0 Å². The van der Waals surface area contributed by atoms with E-state index in [1.165, 1.54) is 7.11 Å². The first kappa shape index (κ1) is 16.7. The molecule has 1 aromatic carbocycles. The van der Waals surface area contributed by atoms with Crippen LogP contribution in [0.1, 0.15) is 39.6 Å². The molecule has 1 unspecified atom stereocenters. The van der Waals surface area contributed by atoms with Gasteiger partial charge in [-0.25, -0.2) is 0 Å². The van der Waals surface area contributed by atoms with Crippen LogP contribution in [0.5, 0.6) is 0 Å². The third-order valence-electron chi connectivity index (χ3n) is 3.59. The fraction of sp³-hybridized carbons (Fsp3) is 0.278. The summed E-state index contributed by atoms with van der Waals surface area (Å²) in [5.74, 6) is -0.632. The number of aromatic nitrogens is 1. The smallest absolute Gasteiger partial charge is 0.308 e. The van der Waals surface area contributed by atoms with Crippen LogP contribution < -0.4 is 5.32 Å². The lowest BCUT2D eigenvalue weighted by atomic mass is 10.0. The van der Waals surface area contributed by atoms with Gasteiger partial charge in [0.15, 0.2) is 0 Å². The second kappa shape index (κ2) is 7.54. The Kier molecular flexibility index (Phi) is 5.46. The van der Waals surface area contributed by atoms with E-state index in [9.17, 15) is 9.59 Å². The van der Waals surface area contributed by atoms with Gasteiger partial charge in [0.2, 0.25) is 0 Å². The molecular weight excluding hydrogens is 292 g/mol. The summed E-state index contributed by atoms with van der Waals surface area (Å²) in [6, 6.07) is 10.5. The summed E-state index contributed by atoms with van der Waals surface area (Å²) < 4.78 is 4.71. The second-order valence-electron chi connectivity index (χ2n) is 5.38. The summed E-state index contributed by atoms with van der Waals surface area (Å²) in [6.45, 7) is 3.81. The Morgan fingerprint density at radius 2 is 2.00 bits per heavy atom. The zero-order chi connectivity index (χ0) is 16.8. The number of methoxy groups -OCH3 is 1. The van der Waals surface area contributed by atoms with Crippen molar-refractivity contribution >= 4 is 11.9 Å². The predicted molar refractivity (Wildman–Crippen MR) is 87.0 cm³/mol. The summed E-state index contributed by atoms with van der Waals surface area (Å²) in [5, 5.41) is 2.88. The van der Waals surface area contributed by atoms with Crippen LogP contribution in [0.25, 0.3) is 0 Å². The Balaban J connectivity index is 2.25. The van der Waals surface area contributed by atoms with E-state index in [0.717, 1.165) is 11.1 Å². The molecule has 1 aromatic heterocycles. The number of hydrogen-bond acceptors (Lipinski definition) is 4. The first-order valence-electron chi connectivity index (χ1n) is 7.37. The molecule has 5 heteroatoms. The summed E-state index contributed by atoms with van der Waals surface area (Å²) in [4.78, 5) is 28.4. The molecule has 2 aromatic rings. The van der Waals surface area contributed by atoms with Crippen LogP contribution in [0.3, 0.4) is 0 Å². The van der Waals surface area contributed by atoms with E-state index < -0.39 is 12.0 Å². The summed E-state index contributed by atoms with van der Waals surface area (Å²) in [5.41, 5.74) is 3.10. The van der Waals surface area contributed by atoms with Crippen LogP contribution in [0, 0.1) is 13.8 Å². The maximum Gasteiger partial charge on any atom is 0.308 e. The highest BCUT2D eigenvalue weighted by Crippen LogP contribution is 2.17. The van der Waals surface area contributed by atoms with Crippen molar-refractivity contribution < 1.29 is 14.3 Å². The molecular formula is C18H20N2O3. The number of nitrogens with one attached hydrogen (secondary N) is 1. The van der Waals surface area contributed by atoms with Gasteiger partial charge in [-0.05, 0) is 37.6 Å². The molecule has 0 fully saturated rings. The number of ether oxygens (including phenoxy) is 1. The third-order valence-corrected chi connectivity index (χ3v) is 3.59. The highest BCUT2D eigenvalue weighted by atomic mass is 16.5. The molecule has 0 saturated heterocycles. The van der Waals surface area contributed by atoms with E-state index in [4.69, 9.17) is 4.74 Å². The van der Waals surface area contributed by atoms with Crippen molar-refractivity contribution in [1.29, 1.82) is 0 Å². The lowest BCUT2D eigenvalue weighted by Gasteiger charge is -2.18. The minimum absolute atomic E-state index is 0.0319. The molecule has 0 aliphatic heterocycles. The van der Waals surface area contributed by atoms with Crippen molar-refractivity contribution in [2.75, 3.05) is 7.11 Å². The van der Waals surface area contributed by atoms with Gasteiger partial charge in [0.05, 0.1) is 25.3 Å². The number of aryl methyl sites for hydroxylation is 2. The normalized spacial score (nSPS) is 11.6. The van der Waals surface area contributed by atoms with Crippen LogP contribution in [0.15, 0.2) is 42.6 Å². The second-order valence-corrected chi connectivity index (χ2v) is 5.38. The molecule has 1 N–H and O–H groups in total. The average molecular weight is 312 g/mol. The molecule has 0 aliphatic carbocycles. The molecule has 0 spiro atoms. The molecule has 0 aliphatic rings. The number of nitrogens with zero attached hydrogens (tertiary/aromatic N) is 1. The summed E-state index contributed by atoms with van der Waals surface area (Å²) >= 11 is 0. The molecule has 0 radical (unpaired) electrons. The zero-order valence-corrected chi connectivity index (χ0v) is 13.5. The number of carbonyl (C=O) groups is 2. The van der Waals surface area contributed by atoms with E-state index in [-0.39, 0.29) is 12.3 Å². The van der Waals surface area contributed by atoms with Gasteiger partial charge < -0.3 is 10.1 Å². The Morgan fingerprint density at radius 3 is 2.65 bits per heavy atom. The Morgan fingerprint density at radius 1 is 1.22 bits per heavy atom. The van der Waals surface area contributed by atoms with Gasteiger partial charge in [0.1, 0.15) is 0 Å². The Bertz CT molecular complexity index is 699. The lowest BCUT2D eigenvalue weighted by molar-refractivity contribution is -0.141. The fourth-order valence-electron chi connectivity index (χ4n) is 2.28. The number of benzene rings is 1. The van der Waals surface area contributed by atoms with Crippen molar-refractivity contribution in [3.8, 4) is 0 Å². The average Bonchev–Trinajstić information content (AvgIpc) is 2.57. The first-order chi connectivity index (χ1) is 11.0. The van der Waals surface area contributed by atoms with E-state index in [2.05, 4.69) is 10.3 Å². The van der Waals surface area contributed by atoms with Crippen LogP contribution in [0.4, 0.5) is 0 Å². The predicted octanol–water partition coefficient (Wildman–Crippen LogP) is 2.73. The number of hydrogen-bond donors (Lipinski definition) is 1. The Labute approximate surface area is 135 Å². The molecule has 5 nitrogen and oxygen atoms in total. The molecule has 1 atom stereocenters. The Hall–Kier alpha value is -2.69. The summed E-state index contributed by atoms with van der Waals surface area (Å²) in [6.07, 6.45) is 1.66. The largest absolute Gasteiger partial charge is 0.469 e. The van der Waals surface area contributed by atoms with E-state index >= 15 is 0 Å². The van der Waals surface area contributed by atoms with Crippen LogP contribution in [-0.4, -0.2) is 24.0 Å². The molecule has 1 heterocycles. The number of rotatable bonds is 5. The maximum absolute atomic E-state index is 12.6. The van der Waals surface area contributed by atoms with E-state index in [0.29, 0.717) is 11.3 Å². The van der Waals surface area contributed by atoms with Gasteiger partial charge in [-0.1, -0.05) is 23.8 Å². The van der Waals surface area contributed by atoms with Gasteiger partial charge in [-0.3, -0.25) is 14.6 Å². The molecule has 0 saturated carbocycles. The van der Waals surface area contributed by atoms with Gasteiger partial charge in [-0.15, -0.1) is 0 Å². The minimum atomic E-state index is -0.531. The molecule has 0 bridgehead atoms. The monoisotopic (exact) mass is 312 g/mol. The molecule has 1 amide bonds. The van der Waals surface area contributed by atoms with E-state index in [1.807, 2.05) is 38.1 Å². The fourth-order valence-corrected chi connectivity index (χ4v) is 2.28. The highest BCUT2D eigenvalue weighted by molar-refractivity contribution is 5.96. The van der Waals surface area contributed by atoms with Gasteiger partial charge in [0.25, 0.3) is 5.91 Å². The molecule has 23 heavy (non-hydrogen) atoms. The first-order valence-corrected chi connectivity index (χ1v) is 7.37. The third kappa shape index (κ3) is 4.39. The van der Waals surface area contributed by atoms with Gasteiger partial charge >= 0.3 is 5.97 Å². The molecule has 2 rings (SSSR count). The van der Waals surface area contributed by atoms with Crippen molar-refractivity contribution in [2.45, 2.75) is 26.3 Å².